The highest BCUT2D eigenvalue weighted by molar-refractivity contribution is 5.83. The number of amides is 1. The smallest absolute Gasteiger partial charge is 0.229 e. The van der Waals surface area contributed by atoms with Gasteiger partial charge in [-0.15, -0.1) is 0 Å². The molecule has 2 atom stereocenters. The Balaban J connectivity index is 2.02. The Morgan fingerprint density at radius 3 is 2.78 bits per heavy atom. The molecule has 1 fully saturated rings. The minimum absolute atomic E-state index is 0.0400. The van der Waals surface area contributed by atoms with E-state index in [1.54, 1.807) is 0 Å². The van der Waals surface area contributed by atoms with E-state index in [0.717, 1.165) is 25.1 Å². The molecule has 1 aliphatic rings. The van der Waals surface area contributed by atoms with Crippen LogP contribution in [0.15, 0.2) is 30.3 Å². The lowest BCUT2D eigenvalue weighted by molar-refractivity contribution is -0.133. The second-order valence-electron chi connectivity index (χ2n) is 5.04. The van der Waals surface area contributed by atoms with Gasteiger partial charge in [0.1, 0.15) is 0 Å². The Labute approximate surface area is 109 Å². The summed E-state index contributed by atoms with van der Waals surface area (Å²) < 4.78 is 0. The zero-order valence-corrected chi connectivity index (χ0v) is 11.2. The predicted octanol–water partition coefficient (Wildman–Crippen LogP) is 2.00. The minimum Gasteiger partial charge on any atom is -0.341 e. The third-order valence-electron chi connectivity index (χ3n) is 3.81. The maximum absolute atomic E-state index is 12.5. The number of hydrogen-bond donors (Lipinski definition) is 1. The number of likely N-dealkylation sites (tertiary alicyclic amines) is 1. The van der Waals surface area contributed by atoms with Crippen molar-refractivity contribution in [3.05, 3.63) is 35.9 Å². The first-order valence-electron chi connectivity index (χ1n) is 6.73. The van der Waals surface area contributed by atoms with Gasteiger partial charge in [-0.25, -0.2) is 0 Å². The molecule has 3 nitrogen and oxygen atoms in total. The SMILES string of the molecule is CNC1CCCN(C(=O)C(C)c2ccccc2)C1. The molecule has 0 aromatic heterocycles. The average molecular weight is 246 g/mol. The Morgan fingerprint density at radius 1 is 1.39 bits per heavy atom. The number of hydrogen-bond acceptors (Lipinski definition) is 2. The number of carbonyl (C=O) groups excluding carboxylic acids is 1. The van der Waals surface area contributed by atoms with Crippen molar-refractivity contribution in [1.29, 1.82) is 0 Å². The fourth-order valence-electron chi connectivity index (χ4n) is 2.57. The van der Waals surface area contributed by atoms with Crippen LogP contribution in [0, 0.1) is 0 Å². The second-order valence-corrected chi connectivity index (χ2v) is 5.04. The Bertz CT molecular complexity index is 391. The van der Waals surface area contributed by atoms with Gasteiger partial charge in [0.2, 0.25) is 5.91 Å². The molecule has 0 saturated carbocycles. The normalized spacial score (nSPS) is 21.7. The molecule has 0 aliphatic carbocycles. The van der Waals surface area contributed by atoms with Gasteiger partial charge in [0, 0.05) is 19.1 Å². The lowest BCUT2D eigenvalue weighted by Crippen LogP contribution is -2.48. The monoisotopic (exact) mass is 246 g/mol. The van der Waals surface area contributed by atoms with Crippen molar-refractivity contribution in [2.75, 3.05) is 20.1 Å². The molecule has 1 N–H and O–H groups in total. The highest BCUT2D eigenvalue weighted by Gasteiger charge is 2.26. The van der Waals surface area contributed by atoms with E-state index in [-0.39, 0.29) is 11.8 Å². The van der Waals surface area contributed by atoms with Crippen LogP contribution in [-0.2, 0) is 4.79 Å². The van der Waals surface area contributed by atoms with E-state index in [1.807, 2.05) is 49.2 Å². The van der Waals surface area contributed by atoms with E-state index >= 15 is 0 Å². The molecule has 18 heavy (non-hydrogen) atoms. The van der Waals surface area contributed by atoms with E-state index < -0.39 is 0 Å². The highest BCUT2D eigenvalue weighted by atomic mass is 16.2. The van der Waals surface area contributed by atoms with Crippen LogP contribution < -0.4 is 5.32 Å². The van der Waals surface area contributed by atoms with Crippen molar-refractivity contribution in [1.82, 2.24) is 10.2 Å². The average Bonchev–Trinajstić information content (AvgIpc) is 2.46. The van der Waals surface area contributed by atoms with Gasteiger partial charge in [0.05, 0.1) is 5.92 Å². The first kappa shape index (κ1) is 13.1. The Kier molecular flexibility index (Phi) is 4.37. The van der Waals surface area contributed by atoms with Crippen LogP contribution in [0.1, 0.15) is 31.2 Å². The third kappa shape index (κ3) is 2.91. The largest absolute Gasteiger partial charge is 0.341 e. The van der Waals surface area contributed by atoms with Gasteiger partial charge in [0.25, 0.3) is 0 Å². The number of piperidine rings is 1. The Morgan fingerprint density at radius 2 is 2.11 bits per heavy atom. The number of carbonyl (C=O) groups is 1. The molecule has 2 unspecified atom stereocenters. The van der Waals surface area contributed by atoms with Gasteiger partial charge in [0.15, 0.2) is 0 Å². The molecule has 1 aliphatic heterocycles. The van der Waals surface area contributed by atoms with Crippen LogP contribution in [0.25, 0.3) is 0 Å². The van der Waals surface area contributed by atoms with Crippen molar-refractivity contribution < 1.29 is 4.79 Å². The van der Waals surface area contributed by atoms with Gasteiger partial charge < -0.3 is 10.2 Å². The van der Waals surface area contributed by atoms with E-state index in [1.165, 1.54) is 6.42 Å². The highest BCUT2D eigenvalue weighted by Crippen LogP contribution is 2.20. The maximum atomic E-state index is 12.5. The van der Waals surface area contributed by atoms with Crippen LogP contribution in [0.3, 0.4) is 0 Å². The standard InChI is InChI=1S/C15H22N2O/c1-12(13-7-4-3-5-8-13)15(18)17-10-6-9-14(11-17)16-2/h3-5,7-8,12,14,16H,6,9-11H2,1-2H3. The summed E-state index contributed by atoms with van der Waals surface area (Å²) in [7, 11) is 1.97. The molecular formula is C15H22N2O. The molecule has 1 heterocycles. The quantitative estimate of drug-likeness (QED) is 0.884. The van der Waals surface area contributed by atoms with Crippen LogP contribution in [0.5, 0.6) is 0 Å². The summed E-state index contributed by atoms with van der Waals surface area (Å²) in [6.07, 6.45) is 2.26. The molecule has 1 aromatic carbocycles. The number of rotatable bonds is 3. The molecule has 0 radical (unpaired) electrons. The molecule has 2 rings (SSSR count). The molecule has 3 heteroatoms. The van der Waals surface area contributed by atoms with E-state index in [9.17, 15) is 4.79 Å². The van der Waals surface area contributed by atoms with Crippen LogP contribution in [0.2, 0.25) is 0 Å². The van der Waals surface area contributed by atoms with Gasteiger partial charge in [-0.2, -0.15) is 0 Å². The molecule has 0 spiro atoms. The van der Waals surface area contributed by atoms with E-state index in [0.29, 0.717) is 6.04 Å². The Hall–Kier alpha value is -1.35. The summed E-state index contributed by atoms with van der Waals surface area (Å²) in [5.41, 5.74) is 1.11. The van der Waals surface area contributed by atoms with Crippen molar-refractivity contribution in [2.24, 2.45) is 0 Å². The second kappa shape index (κ2) is 6.01. The van der Waals surface area contributed by atoms with Crippen LogP contribution in [-0.4, -0.2) is 37.0 Å². The van der Waals surface area contributed by atoms with Crippen molar-refractivity contribution in [2.45, 2.75) is 31.7 Å². The minimum atomic E-state index is -0.0400. The van der Waals surface area contributed by atoms with Crippen molar-refractivity contribution in [3.8, 4) is 0 Å². The number of nitrogens with zero attached hydrogens (tertiary/aromatic N) is 1. The summed E-state index contributed by atoms with van der Waals surface area (Å²) in [6, 6.07) is 10.5. The molecule has 98 valence electrons. The lowest BCUT2D eigenvalue weighted by Gasteiger charge is -2.34. The fraction of sp³-hybridized carbons (Fsp3) is 0.533. The topological polar surface area (TPSA) is 32.3 Å². The van der Waals surface area contributed by atoms with E-state index in [4.69, 9.17) is 0 Å². The number of benzene rings is 1. The van der Waals surface area contributed by atoms with Crippen molar-refractivity contribution in [3.63, 3.8) is 0 Å². The zero-order chi connectivity index (χ0) is 13.0. The van der Waals surface area contributed by atoms with Gasteiger partial charge in [-0.1, -0.05) is 30.3 Å². The molecule has 1 aromatic rings. The molecule has 1 saturated heterocycles. The van der Waals surface area contributed by atoms with Gasteiger partial charge in [-0.05, 0) is 32.4 Å². The van der Waals surface area contributed by atoms with Crippen LogP contribution >= 0.6 is 0 Å². The summed E-state index contributed by atoms with van der Waals surface area (Å²) >= 11 is 0. The summed E-state index contributed by atoms with van der Waals surface area (Å²) in [6.45, 7) is 3.74. The van der Waals surface area contributed by atoms with Crippen LogP contribution in [0.4, 0.5) is 0 Å². The summed E-state index contributed by atoms with van der Waals surface area (Å²) in [4.78, 5) is 14.5. The first-order chi connectivity index (χ1) is 8.72. The lowest BCUT2D eigenvalue weighted by atomic mass is 9.97. The zero-order valence-electron chi connectivity index (χ0n) is 11.2. The summed E-state index contributed by atoms with van der Waals surface area (Å²) in [5.74, 6) is 0.211. The summed E-state index contributed by atoms with van der Waals surface area (Å²) in [5, 5.41) is 3.27. The van der Waals surface area contributed by atoms with Gasteiger partial charge in [-0.3, -0.25) is 4.79 Å². The molecule has 1 amide bonds. The predicted molar refractivity (Wildman–Crippen MR) is 73.5 cm³/mol. The number of likely N-dealkylation sites (N-methyl/N-ethyl adjacent to an activating group) is 1. The third-order valence-corrected chi connectivity index (χ3v) is 3.81. The molecule has 0 bridgehead atoms. The first-order valence-corrected chi connectivity index (χ1v) is 6.73. The maximum Gasteiger partial charge on any atom is 0.229 e. The van der Waals surface area contributed by atoms with E-state index in [2.05, 4.69) is 5.32 Å². The fourth-order valence-corrected chi connectivity index (χ4v) is 2.57. The molecular weight excluding hydrogens is 224 g/mol. The van der Waals surface area contributed by atoms with Gasteiger partial charge >= 0.3 is 0 Å². The number of nitrogens with one attached hydrogen (secondary N) is 1. The van der Waals surface area contributed by atoms with Crippen molar-refractivity contribution >= 4 is 5.91 Å².